The molecular formula is C49H35N2OP. The summed E-state index contributed by atoms with van der Waals surface area (Å²) in [6.45, 7) is 3.79. The number of nitrogens with zero attached hydrogens (tertiary/aromatic N) is 2. The zero-order valence-corrected chi connectivity index (χ0v) is 30.0. The lowest BCUT2D eigenvalue weighted by molar-refractivity contribution is 0.677. The second-order valence-electron chi connectivity index (χ2n) is 13.3. The van der Waals surface area contributed by atoms with Gasteiger partial charge in [0, 0.05) is 32.9 Å². The summed E-state index contributed by atoms with van der Waals surface area (Å²) in [5.74, 6) is 0. The highest BCUT2D eigenvalue weighted by Gasteiger charge is 2.22. The van der Waals surface area contributed by atoms with E-state index in [0.29, 0.717) is 0 Å². The third kappa shape index (κ3) is 5.08. The maximum absolute atomic E-state index is 7.11. The lowest BCUT2D eigenvalue weighted by Crippen LogP contribution is -2.13. The summed E-state index contributed by atoms with van der Waals surface area (Å²) in [6.07, 6.45) is 11.2. The van der Waals surface area contributed by atoms with Crippen LogP contribution in [0.3, 0.4) is 0 Å². The minimum atomic E-state index is -0.560. The van der Waals surface area contributed by atoms with Crippen molar-refractivity contribution in [2.45, 2.75) is 0 Å². The molecular weight excluding hydrogens is 664 g/mol. The Kier molecular flexibility index (Phi) is 7.67. The van der Waals surface area contributed by atoms with Gasteiger partial charge in [0.05, 0.1) is 32.8 Å². The van der Waals surface area contributed by atoms with Crippen LogP contribution in [0.1, 0.15) is 0 Å². The van der Waals surface area contributed by atoms with Crippen LogP contribution in [0.4, 0.5) is 0 Å². The number of allylic oxidation sites excluding steroid dienone is 5. The van der Waals surface area contributed by atoms with Crippen LogP contribution in [0.5, 0.6) is 0 Å². The largest absolute Gasteiger partial charge is 0.455 e. The number of hydrogen-bond acceptors (Lipinski definition) is 1. The minimum Gasteiger partial charge on any atom is -0.455 e. The van der Waals surface area contributed by atoms with Crippen molar-refractivity contribution < 1.29 is 4.42 Å². The first-order valence-electron chi connectivity index (χ1n) is 18.0. The molecule has 10 rings (SSSR count). The van der Waals surface area contributed by atoms with Gasteiger partial charge in [0.25, 0.3) is 0 Å². The van der Waals surface area contributed by atoms with Crippen LogP contribution in [0.25, 0.3) is 76.9 Å². The Balaban J connectivity index is 1.15. The third-order valence-corrected chi connectivity index (χ3v) is 12.8. The van der Waals surface area contributed by atoms with Gasteiger partial charge >= 0.3 is 0 Å². The summed E-state index contributed by atoms with van der Waals surface area (Å²) in [7, 11) is -0.560. The number of fused-ring (bicyclic) bond motifs is 11. The second-order valence-corrected chi connectivity index (χ2v) is 15.6. The average molecular weight is 699 g/mol. The lowest BCUT2D eigenvalue weighted by Gasteiger charge is -2.18. The first kappa shape index (κ1) is 31.3. The van der Waals surface area contributed by atoms with Crippen molar-refractivity contribution >= 4 is 84.1 Å². The van der Waals surface area contributed by atoms with E-state index >= 15 is 0 Å². The van der Waals surface area contributed by atoms with E-state index in [1.54, 1.807) is 6.08 Å². The Morgan fingerprint density at radius 2 is 0.962 bits per heavy atom. The summed E-state index contributed by atoms with van der Waals surface area (Å²) in [5.41, 5.74) is 8.74. The summed E-state index contributed by atoms with van der Waals surface area (Å²) in [6, 6.07) is 57.1. The smallest absolute Gasteiger partial charge is 0.145 e. The molecule has 0 bridgehead atoms. The van der Waals surface area contributed by atoms with Crippen molar-refractivity contribution in [3.63, 3.8) is 0 Å². The Morgan fingerprint density at radius 3 is 1.55 bits per heavy atom. The molecule has 4 heteroatoms. The van der Waals surface area contributed by atoms with Gasteiger partial charge in [0.1, 0.15) is 11.2 Å². The quantitative estimate of drug-likeness (QED) is 0.114. The number of hydrogen-bond donors (Lipinski definition) is 0. The predicted molar refractivity (Wildman–Crippen MR) is 228 cm³/mol. The van der Waals surface area contributed by atoms with Crippen LogP contribution >= 0.6 is 7.92 Å². The molecule has 1 unspecified atom stereocenters. The van der Waals surface area contributed by atoms with Gasteiger partial charge in [-0.15, -0.1) is 0 Å². The van der Waals surface area contributed by atoms with Crippen molar-refractivity contribution in [2.75, 3.05) is 6.16 Å². The fourth-order valence-corrected chi connectivity index (χ4v) is 10.2. The molecule has 10 aromatic rings. The molecule has 0 amide bonds. The molecule has 0 radical (unpaired) electrons. The predicted octanol–water partition coefficient (Wildman–Crippen LogP) is 12.5. The Hall–Kier alpha value is -6.41. The van der Waals surface area contributed by atoms with E-state index < -0.39 is 7.92 Å². The summed E-state index contributed by atoms with van der Waals surface area (Å²) < 4.78 is 11.9. The van der Waals surface area contributed by atoms with Gasteiger partial charge in [-0.2, -0.15) is 0 Å². The zero-order valence-electron chi connectivity index (χ0n) is 29.1. The van der Waals surface area contributed by atoms with E-state index in [1.165, 1.54) is 26.9 Å². The van der Waals surface area contributed by atoms with Crippen molar-refractivity contribution in [3.05, 3.63) is 195 Å². The van der Waals surface area contributed by atoms with Gasteiger partial charge in [-0.05, 0) is 85.4 Å². The van der Waals surface area contributed by atoms with Crippen LogP contribution in [0, 0.1) is 0 Å². The van der Waals surface area contributed by atoms with Gasteiger partial charge in [0.15, 0.2) is 0 Å². The molecule has 1 atom stereocenters. The number of rotatable bonds is 8. The van der Waals surface area contributed by atoms with Crippen molar-refractivity contribution in [3.8, 4) is 11.4 Å². The van der Waals surface area contributed by atoms with Gasteiger partial charge < -0.3 is 13.6 Å². The first-order chi connectivity index (χ1) is 26.3. The molecule has 0 spiro atoms. The summed E-state index contributed by atoms with van der Waals surface area (Å²) in [5, 5.41) is 9.65. The van der Waals surface area contributed by atoms with E-state index in [1.807, 2.05) is 12.2 Å². The summed E-state index contributed by atoms with van der Waals surface area (Å²) in [4.78, 5) is 0. The highest BCUT2D eigenvalue weighted by atomic mass is 31.1. The fourth-order valence-electron chi connectivity index (χ4n) is 8.07. The van der Waals surface area contributed by atoms with Crippen molar-refractivity contribution in [2.24, 2.45) is 0 Å². The van der Waals surface area contributed by atoms with Crippen LogP contribution in [0.2, 0.25) is 0 Å². The number of aromatic nitrogens is 2. The van der Waals surface area contributed by atoms with Crippen LogP contribution in [-0.2, 0) is 0 Å². The highest BCUT2D eigenvalue weighted by Crippen LogP contribution is 2.45. The molecule has 0 aliphatic heterocycles. The zero-order chi connectivity index (χ0) is 35.3. The van der Waals surface area contributed by atoms with Crippen molar-refractivity contribution in [1.82, 2.24) is 9.13 Å². The molecule has 7 aromatic carbocycles. The molecule has 53 heavy (non-hydrogen) atoms. The molecule has 3 aromatic heterocycles. The van der Waals surface area contributed by atoms with Crippen LogP contribution in [-0.4, -0.2) is 15.3 Å². The fraction of sp³-hybridized carbons (Fsp3) is 0.0204. The van der Waals surface area contributed by atoms with Gasteiger partial charge in [-0.1, -0.05) is 134 Å². The van der Waals surface area contributed by atoms with E-state index in [9.17, 15) is 0 Å². The maximum Gasteiger partial charge on any atom is 0.145 e. The molecule has 0 aliphatic rings. The molecule has 0 saturated heterocycles. The second kappa shape index (κ2) is 13.0. The monoisotopic (exact) mass is 698 g/mol. The lowest BCUT2D eigenvalue weighted by atomic mass is 10.1. The molecule has 0 N–H and O–H groups in total. The topological polar surface area (TPSA) is 23.0 Å². The first-order valence-corrected chi connectivity index (χ1v) is 19.6. The Labute approximate surface area is 308 Å². The van der Waals surface area contributed by atoms with E-state index in [0.717, 1.165) is 66.8 Å². The third-order valence-electron chi connectivity index (χ3n) is 10.4. The van der Waals surface area contributed by atoms with E-state index in [2.05, 4.69) is 186 Å². The van der Waals surface area contributed by atoms with E-state index in [4.69, 9.17) is 4.42 Å². The Bertz CT molecular complexity index is 3030. The molecule has 252 valence electrons. The maximum atomic E-state index is 7.11. The molecule has 0 fully saturated rings. The standard InChI is InChI=1S/C49H35N2OP/c1-2-3-4-5-16-33-53(36-19-10-7-11-20-36)37-27-25-35(26-28-37)51-43-24-15-13-22-41(43)47-45(51)32-30-39-38-29-31-44-46(48(38)52-49(39)47)40-21-12-14-23-42(40)50(44)34-17-8-6-9-18-34/h2-32H,1,33H2/b4-3-,16-5-. The summed E-state index contributed by atoms with van der Waals surface area (Å²) >= 11 is 0. The molecule has 3 nitrogen and oxygen atoms in total. The molecule has 0 saturated carbocycles. The number of benzene rings is 7. The van der Waals surface area contributed by atoms with Crippen LogP contribution in [0.15, 0.2) is 199 Å². The Morgan fingerprint density at radius 1 is 0.453 bits per heavy atom. The van der Waals surface area contributed by atoms with Gasteiger partial charge in [-0.3, -0.25) is 0 Å². The van der Waals surface area contributed by atoms with Crippen molar-refractivity contribution in [1.29, 1.82) is 0 Å². The van der Waals surface area contributed by atoms with E-state index in [-0.39, 0.29) is 0 Å². The van der Waals surface area contributed by atoms with Gasteiger partial charge in [-0.25, -0.2) is 0 Å². The average Bonchev–Trinajstić information content (AvgIpc) is 3.88. The SMILES string of the molecule is C=C/C=C\C=C/CP(c1ccccc1)c1ccc(-n2c3ccccc3c3c4oc5c(ccc6c5c5ccccc5n6-c5ccccc5)c4ccc32)cc1. The normalized spacial score (nSPS) is 12.8. The number of para-hydroxylation sites is 3. The van der Waals surface area contributed by atoms with Gasteiger partial charge in [0.2, 0.25) is 0 Å². The number of furan rings is 1. The molecule has 0 aliphatic carbocycles. The van der Waals surface area contributed by atoms with Crippen LogP contribution < -0.4 is 10.6 Å². The minimum absolute atomic E-state index is 0.560. The molecule has 3 heterocycles. The highest BCUT2D eigenvalue weighted by molar-refractivity contribution is 7.73.